The Morgan fingerprint density at radius 2 is 2.50 bits per heavy atom. The van der Waals surface area contributed by atoms with E-state index in [-0.39, 0.29) is 0 Å². The van der Waals surface area contributed by atoms with Crippen molar-refractivity contribution in [1.82, 2.24) is 0 Å². The Morgan fingerprint density at radius 3 is 3.10 bits per heavy atom. The molecule has 0 aliphatic carbocycles. The van der Waals surface area contributed by atoms with Crippen LogP contribution in [0.2, 0.25) is 0 Å². The van der Waals surface area contributed by atoms with E-state index >= 15 is 0 Å². The molecule has 1 atom stereocenters. The van der Waals surface area contributed by atoms with Gasteiger partial charge >= 0.3 is 0 Å². The van der Waals surface area contributed by atoms with Gasteiger partial charge in [-0.15, -0.1) is 0 Å². The Bertz CT molecular complexity index is 77.3. The molecule has 1 saturated heterocycles. The van der Waals surface area contributed by atoms with Gasteiger partial charge in [-0.1, -0.05) is 6.92 Å². The smallest absolute Gasteiger partial charge is 0.0809 e. The van der Waals surface area contributed by atoms with Gasteiger partial charge in [0.25, 0.3) is 0 Å². The van der Waals surface area contributed by atoms with Gasteiger partial charge in [-0.05, 0) is 19.3 Å². The molecule has 1 rings (SSSR count). The maximum absolute atomic E-state index is 5.51. The second kappa shape index (κ2) is 4.69. The highest BCUT2D eigenvalue weighted by molar-refractivity contribution is 4.61. The van der Waals surface area contributed by atoms with Crippen molar-refractivity contribution in [2.45, 2.75) is 32.3 Å². The van der Waals surface area contributed by atoms with Crippen molar-refractivity contribution < 1.29 is 9.47 Å². The lowest BCUT2D eigenvalue weighted by molar-refractivity contribution is -0.0495. The van der Waals surface area contributed by atoms with E-state index in [0.717, 1.165) is 32.7 Å². The van der Waals surface area contributed by atoms with Gasteiger partial charge in [0.1, 0.15) is 0 Å². The first-order valence-electron chi connectivity index (χ1n) is 4.13. The van der Waals surface area contributed by atoms with E-state index in [2.05, 4.69) is 6.92 Å². The van der Waals surface area contributed by atoms with Crippen LogP contribution in [-0.2, 0) is 9.47 Å². The average Bonchev–Trinajstić information content (AvgIpc) is 2.03. The molecule has 0 spiro atoms. The van der Waals surface area contributed by atoms with Crippen molar-refractivity contribution in [2.75, 3.05) is 19.8 Å². The third-order valence-electron chi connectivity index (χ3n) is 1.68. The molecule has 1 aliphatic heterocycles. The van der Waals surface area contributed by atoms with Crippen LogP contribution in [0.5, 0.6) is 0 Å². The highest BCUT2D eigenvalue weighted by atomic mass is 16.5. The minimum Gasteiger partial charge on any atom is -0.379 e. The zero-order chi connectivity index (χ0) is 7.23. The van der Waals surface area contributed by atoms with Crippen LogP contribution in [0, 0.1) is 0 Å². The van der Waals surface area contributed by atoms with Gasteiger partial charge in [0.2, 0.25) is 0 Å². The van der Waals surface area contributed by atoms with Gasteiger partial charge in [0, 0.05) is 13.2 Å². The van der Waals surface area contributed by atoms with Crippen molar-refractivity contribution >= 4 is 0 Å². The fourth-order valence-corrected chi connectivity index (χ4v) is 1.13. The Balaban J connectivity index is 2.02. The maximum Gasteiger partial charge on any atom is 0.0809 e. The molecule has 1 fully saturated rings. The summed E-state index contributed by atoms with van der Waals surface area (Å²) in [6.07, 6.45) is 3.83. The van der Waals surface area contributed by atoms with E-state index < -0.39 is 0 Å². The summed E-state index contributed by atoms with van der Waals surface area (Å²) in [4.78, 5) is 0. The van der Waals surface area contributed by atoms with Crippen LogP contribution < -0.4 is 0 Å². The van der Waals surface area contributed by atoms with E-state index in [9.17, 15) is 0 Å². The monoisotopic (exact) mass is 144 g/mol. The zero-order valence-electron chi connectivity index (χ0n) is 6.64. The lowest BCUT2D eigenvalue weighted by Crippen LogP contribution is -2.25. The summed E-state index contributed by atoms with van der Waals surface area (Å²) in [6.45, 7) is 4.74. The summed E-state index contributed by atoms with van der Waals surface area (Å²) in [6, 6.07) is 0. The van der Waals surface area contributed by atoms with Crippen LogP contribution in [0.4, 0.5) is 0 Å². The van der Waals surface area contributed by atoms with Crippen LogP contribution >= 0.6 is 0 Å². The van der Waals surface area contributed by atoms with Gasteiger partial charge in [0.15, 0.2) is 0 Å². The second-order valence-corrected chi connectivity index (χ2v) is 2.71. The molecule has 2 nitrogen and oxygen atoms in total. The Labute approximate surface area is 62.5 Å². The maximum atomic E-state index is 5.51. The number of hydrogen-bond donors (Lipinski definition) is 0. The van der Waals surface area contributed by atoms with Gasteiger partial charge < -0.3 is 9.47 Å². The number of ether oxygens (including phenoxy) is 2. The summed E-state index contributed by atoms with van der Waals surface area (Å²) in [5.41, 5.74) is 0. The van der Waals surface area contributed by atoms with Crippen LogP contribution in [0.15, 0.2) is 0 Å². The highest BCUT2D eigenvalue weighted by Gasteiger charge is 2.12. The first-order chi connectivity index (χ1) is 4.93. The fraction of sp³-hybridized carbons (Fsp3) is 1.00. The van der Waals surface area contributed by atoms with Crippen molar-refractivity contribution in [2.24, 2.45) is 0 Å². The Morgan fingerprint density at radius 1 is 1.60 bits per heavy atom. The topological polar surface area (TPSA) is 18.5 Å². The number of hydrogen-bond acceptors (Lipinski definition) is 2. The van der Waals surface area contributed by atoms with Gasteiger partial charge in [-0.25, -0.2) is 0 Å². The lowest BCUT2D eigenvalue weighted by atomic mass is 10.2. The standard InChI is InChI=1S/C8H16O2/c1-2-5-10-8-4-3-6-9-7-8/h8H,2-7H2,1H3. The molecular formula is C8H16O2. The molecule has 60 valence electrons. The summed E-state index contributed by atoms with van der Waals surface area (Å²) < 4.78 is 10.8. The Kier molecular flexibility index (Phi) is 3.76. The molecule has 10 heavy (non-hydrogen) atoms. The third-order valence-corrected chi connectivity index (χ3v) is 1.68. The van der Waals surface area contributed by atoms with E-state index in [1.54, 1.807) is 0 Å². The molecular weight excluding hydrogens is 128 g/mol. The molecule has 0 aromatic carbocycles. The van der Waals surface area contributed by atoms with Gasteiger partial charge in [0.05, 0.1) is 12.7 Å². The molecule has 1 aliphatic rings. The van der Waals surface area contributed by atoms with Crippen molar-refractivity contribution in [3.05, 3.63) is 0 Å². The quantitative estimate of drug-likeness (QED) is 0.599. The molecule has 1 unspecified atom stereocenters. The van der Waals surface area contributed by atoms with E-state index in [1.807, 2.05) is 0 Å². The number of rotatable bonds is 3. The SMILES string of the molecule is CCCOC1CCCOC1. The van der Waals surface area contributed by atoms with Crippen LogP contribution in [-0.4, -0.2) is 25.9 Å². The Hall–Kier alpha value is -0.0800. The summed E-state index contributed by atoms with van der Waals surface area (Å²) in [5.74, 6) is 0. The molecule has 0 N–H and O–H groups in total. The summed E-state index contributed by atoms with van der Waals surface area (Å²) in [5, 5.41) is 0. The molecule has 2 heteroatoms. The minimum atomic E-state index is 0.383. The predicted octanol–water partition coefficient (Wildman–Crippen LogP) is 1.59. The first-order valence-corrected chi connectivity index (χ1v) is 4.13. The molecule has 0 aromatic heterocycles. The van der Waals surface area contributed by atoms with Crippen LogP contribution in [0.25, 0.3) is 0 Å². The molecule has 0 amide bonds. The first kappa shape index (κ1) is 8.02. The van der Waals surface area contributed by atoms with Gasteiger partial charge in [-0.2, -0.15) is 0 Å². The molecule has 1 heterocycles. The average molecular weight is 144 g/mol. The zero-order valence-corrected chi connectivity index (χ0v) is 6.64. The van der Waals surface area contributed by atoms with Crippen LogP contribution in [0.3, 0.4) is 0 Å². The predicted molar refractivity (Wildman–Crippen MR) is 40.1 cm³/mol. The van der Waals surface area contributed by atoms with Crippen molar-refractivity contribution in [3.8, 4) is 0 Å². The lowest BCUT2D eigenvalue weighted by Gasteiger charge is -2.21. The fourth-order valence-electron chi connectivity index (χ4n) is 1.13. The molecule has 0 radical (unpaired) electrons. The van der Waals surface area contributed by atoms with Crippen LogP contribution in [0.1, 0.15) is 26.2 Å². The largest absolute Gasteiger partial charge is 0.379 e. The summed E-state index contributed by atoms with van der Waals surface area (Å²) in [7, 11) is 0. The van der Waals surface area contributed by atoms with E-state index in [0.29, 0.717) is 6.10 Å². The normalized spacial score (nSPS) is 26.7. The van der Waals surface area contributed by atoms with Gasteiger partial charge in [-0.3, -0.25) is 0 Å². The molecule has 0 bridgehead atoms. The third kappa shape index (κ3) is 2.67. The molecule has 0 saturated carbocycles. The van der Waals surface area contributed by atoms with Crippen molar-refractivity contribution in [3.63, 3.8) is 0 Å². The van der Waals surface area contributed by atoms with Crippen molar-refractivity contribution in [1.29, 1.82) is 0 Å². The minimum absolute atomic E-state index is 0.383. The highest BCUT2D eigenvalue weighted by Crippen LogP contribution is 2.09. The summed E-state index contributed by atoms with van der Waals surface area (Å²) >= 11 is 0. The van der Waals surface area contributed by atoms with E-state index in [4.69, 9.17) is 9.47 Å². The second-order valence-electron chi connectivity index (χ2n) is 2.71. The molecule has 0 aromatic rings. The van der Waals surface area contributed by atoms with E-state index in [1.165, 1.54) is 6.42 Å².